The number of carbonyl (C=O) groups is 2. The normalized spacial score (nSPS) is 12.0. The number of hydrogen-bond donors (Lipinski definition) is 1. The molecule has 0 radical (unpaired) electrons. The van der Waals surface area contributed by atoms with E-state index in [0.29, 0.717) is 13.1 Å². The van der Waals surface area contributed by atoms with Gasteiger partial charge in [-0.3, -0.25) is 14.5 Å². The molecule has 5 nitrogen and oxygen atoms in total. The lowest BCUT2D eigenvalue weighted by atomic mass is 10.0. The van der Waals surface area contributed by atoms with Crippen LogP contribution in [0.1, 0.15) is 42.1 Å². The first-order chi connectivity index (χ1) is 13.8. The van der Waals surface area contributed by atoms with E-state index in [9.17, 15) is 9.59 Å². The van der Waals surface area contributed by atoms with Crippen molar-refractivity contribution < 1.29 is 9.59 Å². The minimum atomic E-state index is -0.498. The summed E-state index contributed by atoms with van der Waals surface area (Å²) in [5.74, 6) is -0.116. The molecule has 156 valence electrons. The number of nitrogens with zero attached hydrogens (tertiary/aromatic N) is 2. The second-order valence-corrected chi connectivity index (χ2v) is 7.56. The van der Waals surface area contributed by atoms with Crippen LogP contribution in [0, 0.1) is 20.8 Å². The molecule has 0 spiro atoms. The quantitative estimate of drug-likeness (QED) is 0.732. The van der Waals surface area contributed by atoms with Crippen molar-refractivity contribution in [2.24, 2.45) is 0 Å². The Balaban J connectivity index is 2.22. The van der Waals surface area contributed by atoms with Gasteiger partial charge in [0.15, 0.2) is 0 Å². The highest BCUT2D eigenvalue weighted by Crippen LogP contribution is 2.24. The number of hydrogen-bond acceptors (Lipinski definition) is 3. The fourth-order valence-electron chi connectivity index (χ4n) is 3.80. The van der Waals surface area contributed by atoms with E-state index in [4.69, 9.17) is 0 Å². The molecule has 2 aromatic rings. The summed E-state index contributed by atoms with van der Waals surface area (Å²) in [4.78, 5) is 29.6. The van der Waals surface area contributed by atoms with E-state index >= 15 is 0 Å². The molecule has 2 aromatic carbocycles. The maximum atomic E-state index is 13.2. The fourth-order valence-corrected chi connectivity index (χ4v) is 3.80. The van der Waals surface area contributed by atoms with Gasteiger partial charge < -0.3 is 10.2 Å². The molecule has 0 saturated heterocycles. The first-order valence-electron chi connectivity index (χ1n) is 10.2. The summed E-state index contributed by atoms with van der Waals surface area (Å²) in [7, 11) is 1.83. The highest BCUT2D eigenvalue weighted by atomic mass is 16.2. The first-order valence-corrected chi connectivity index (χ1v) is 10.2. The highest BCUT2D eigenvalue weighted by Gasteiger charge is 2.29. The van der Waals surface area contributed by atoms with E-state index < -0.39 is 6.04 Å². The van der Waals surface area contributed by atoms with Crippen LogP contribution < -0.4 is 5.32 Å². The van der Waals surface area contributed by atoms with Crippen LogP contribution in [0.25, 0.3) is 0 Å². The number of benzene rings is 2. The molecule has 1 atom stereocenters. The van der Waals surface area contributed by atoms with Gasteiger partial charge in [-0.25, -0.2) is 0 Å². The van der Waals surface area contributed by atoms with Gasteiger partial charge in [-0.1, -0.05) is 48.0 Å². The third-order valence-corrected chi connectivity index (χ3v) is 5.20. The van der Waals surface area contributed by atoms with Crippen molar-refractivity contribution in [2.45, 2.75) is 40.7 Å². The van der Waals surface area contributed by atoms with Crippen molar-refractivity contribution in [1.29, 1.82) is 0 Å². The van der Waals surface area contributed by atoms with Crippen molar-refractivity contribution in [3.8, 4) is 0 Å². The number of aryl methyl sites for hydroxylation is 3. The summed E-state index contributed by atoms with van der Waals surface area (Å²) in [5, 5.41) is 3.03. The summed E-state index contributed by atoms with van der Waals surface area (Å²) in [6.45, 7) is 11.4. The lowest BCUT2D eigenvalue weighted by molar-refractivity contribution is -0.137. The van der Waals surface area contributed by atoms with Crippen LogP contribution in [0.15, 0.2) is 42.5 Å². The van der Waals surface area contributed by atoms with Gasteiger partial charge in [0, 0.05) is 18.8 Å². The van der Waals surface area contributed by atoms with E-state index in [1.807, 2.05) is 76.9 Å². The monoisotopic (exact) mass is 395 g/mol. The van der Waals surface area contributed by atoms with Crippen molar-refractivity contribution in [2.75, 3.05) is 32.0 Å². The zero-order chi connectivity index (χ0) is 21.6. The molecule has 5 heteroatoms. The average Bonchev–Trinajstić information content (AvgIpc) is 2.66. The van der Waals surface area contributed by atoms with Gasteiger partial charge in [0.2, 0.25) is 11.8 Å². The molecule has 0 heterocycles. The lowest BCUT2D eigenvalue weighted by Gasteiger charge is -2.31. The molecular weight excluding hydrogens is 362 g/mol. The van der Waals surface area contributed by atoms with Gasteiger partial charge in [-0.05, 0) is 58.4 Å². The Labute approximate surface area is 174 Å². The third kappa shape index (κ3) is 5.67. The van der Waals surface area contributed by atoms with Crippen LogP contribution in [-0.4, -0.2) is 48.3 Å². The summed E-state index contributed by atoms with van der Waals surface area (Å²) in [6, 6.07) is 13.3. The van der Waals surface area contributed by atoms with Crippen LogP contribution in [0.4, 0.5) is 5.69 Å². The smallest absolute Gasteiger partial charge is 0.244 e. The number of likely N-dealkylation sites (N-methyl/N-ethyl adjacent to an activating group) is 2. The van der Waals surface area contributed by atoms with Crippen molar-refractivity contribution in [3.63, 3.8) is 0 Å². The Morgan fingerprint density at radius 1 is 0.966 bits per heavy atom. The second kappa shape index (κ2) is 10.2. The van der Waals surface area contributed by atoms with Gasteiger partial charge in [-0.15, -0.1) is 0 Å². The van der Waals surface area contributed by atoms with Gasteiger partial charge in [0.05, 0.1) is 6.54 Å². The fraction of sp³-hybridized carbons (Fsp3) is 0.417. The first kappa shape index (κ1) is 22.6. The number of nitrogens with one attached hydrogen (secondary N) is 1. The summed E-state index contributed by atoms with van der Waals surface area (Å²) in [5.41, 5.74) is 4.99. The summed E-state index contributed by atoms with van der Waals surface area (Å²) < 4.78 is 0. The van der Waals surface area contributed by atoms with E-state index in [1.165, 1.54) is 5.56 Å². The lowest BCUT2D eigenvalue weighted by Crippen LogP contribution is -2.44. The average molecular weight is 396 g/mol. The Kier molecular flexibility index (Phi) is 7.97. The zero-order valence-corrected chi connectivity index (χ0v) is 18.5. The predicted octanol–water partition coefficient (Wildman–Crippen LogP) is 4.09. The molecule has 0 saturated carbocycles. The second-order valence-electron chi connectivity index (χ2n) is 7.56. The molecule has 0 bridgehead atoms. The summed E-state index contributed by atoms with van der Waals surface area (Å²) in [6.07, 6.45) is 0. The van der Waals surface area contributed by atoms with Crippen LogP contribution in [0.3, 0.4) is 0 Å². The van der Waals surface area contributed by atoms with E-state index in [0.717, 1.165) is 22.4 Å². The zero-order valence-electron chi connectivity index (χ0n) is 18.5. The van der Waals surface area contributed by atoms with Crippen molar-refractivity contribution >= 4 is 17.5 Å². The Morgan fingerprint density at radius 3 is 2.03 bits per heavy atom. The number of rotatable bonds is 8. The molecule has 1 N–H and O–H groups in total. The van der Waals surface area contributed by atoms with E-state index in [-0.39, 0.29) is 18.4 Å². The predicted molar refractivity (Wildman–Crippen MR) is 119 cm³/mol. The topological polar surface area (TPSA) is 52.7 Å². The van der Waals surface area contributed by atoms with Gasteiger partial charge in [0.1, 0.15) is 6.04 Å². The van der Waals surface area contributed by atoms with Crippen LogP contribution >= 0.6 is 0 Å². The molecule has 0 aliphatic heterocycles. The van der Waals surface area contributed by atoms with Crippen LogP contribution in [0.5, 0.6) is 0 Å². The van der Waals surface area contributed by atoms with E-state index in [2.05, 4.69) is 17.4 Å². The van der Waals surface area contributed by atoms with Gasteiger partial charge >= 0.3 is 0 Å². The standard InChI is InChI=1S/C24H33N3O2/c1-7-27(8-2)24(29)23(20-12-10-9-11-13-20)26(6)16-21(28)25-22-18(4)14-17(3)15-19(22)5/h9-15,23H,7-8,16H2,1-6H3,(H,25,28)/t23-/m1/s1. The Hall–Kier alpha value is -2.66. The van der Waals surface area contributed by atoms with E-state index in [1.54, 1.807) is 4.90 Å². The molecule has 2 rings (SSSR count). The third-order valence-electron chi connectivity index (χ3n) is 5.20. The molecule has 2 amide bonds. The van der Waals surface area contributed by atoms with Gasteiger partial charge in [0.25, 0.3) is 0 Å². The minimum Gasteiger partial charge on any atom is -0.342 e. The summed E-state index contributed by atoms with van der Waals surface area (Å²) >= 11 is 0. The largest absolute Gasteiger partial charge is 0.342 e. The molecule has 0 unspecified atom stereocenters. The molecule has 29 heavy (non-hydrogen) atoms. The van der Waals surface area contributed by atoms with Crippen LogP contribution in [-0.2, 0) is 9.59 Å². The van der Waals surface area contributed by atoms with Crippen molar-refractivity contribution in [1.82, 2.24) is 9.80 Å². The molecular formula is C24H33N3O2. The maximum Gasteiger partial charge on any atom is 0.244 e. The highest BCUT2D eigenvalue weighted by molar-refractivity contribution is 5.94. The molecule has 0 aliphatic rings. The Morgan fingerprint density at radius 2 is 1.52 bits per heavy atom. The van der Waals surface area contributed by atoms with Gasteiger partial charge in [-0.2, -0.15) is 0 Å². The minimum absolute atomic E-state index is 0.0131. The van der Waals surface area contributed by atoms with Crippen molar-refractivity contribution in [3.05, 3.63) is 64.7 Å². The molecule has 0 aromatic heterocycles. The number of anilines is 1. The Bertz CT molecular complexity index is 821. The SMILES string of the molecule is CCN(CC)C(=O)[C@@H](c1ccccc1)N(C)CC(=O)Nc1c(C)cc(C)cc1C. The maximum absolute atomic E-state index is 13.2. The molecule has 0 aliphatic carbocycles. The van der Waals surface area contributed by atoms with Crippen LogP contribution in [0.2, 0.25) is 0 Å². The number of amides is 2. The molecule has 0 fully saturated rings. The number of carbonyl (C=O) groups excluding carboxylic acids is 2.